The zero-order valence-electron chi connectivity index (χ0n) is 38.8. The summed E-state index contributed by atoms with van der Waals surface area (Å²) < 4.78 is 0. The maximum Gasteiger partial charge on any atom is 0.255 e. The molecule has 0 aliphatic rings. The third-order valence-electron chi connectivity index (χ3n) is 13.5. The summed E-state index contributed by atoms with van der Waals surface area (Å²) in [5.41, 5.74) is 13.0. The summed E-state index contributed by atoms with van der Waals surface area (Å²) in [6, 6.07) is 95.7. The molecule has 2 amide bonds. The summed E-state index contributed by atoms with van der Waals surface area (Å²) in [6.45, 7) is 0. The van der Waals surface area contributed by atoms with Crippen LogP contribution in [0.5, 0.6) is 0 Å². The summed E-state index contributed by atoms with van der Waals surface area (Å²) in [6.07, 6.45) is 1.59. The molecule has 10 aromatic rings. The zero-order chi connectivity index (χ0) is 47.6. The molecule has 0 atom stereocenters. The molecule has 0 fully saturated rings. The van der Waals surface area contributed by atoms with E-state index in [9.17, 15) is 9.59 Å². The molecule has 0 spiro atoms. The van der Waals surface area contributed by atoms with Gasteiger partial charge in [-0.25, -0.2) is 0 Å². The number of aryl methyl sites for hydroxylation is 2. The summed E-state index contributed by atoms with van der Waals surface area (Å²) in [4.78, 5) is 27.0. The van der Waals surface area contributed by atoms with Crippen molar-refractivity contribution in [3.63, 3.8) is 0 Å². The smallest absolute Gasteiger partial charge is 0.255 e. The van der Waals surface area contributed by atoms with Crippen molar-refractivity contribution in [3.8, 4) is 0 Å². The molecule has 0 aliphatic carbocycles. The number of amides is 2. The standard InChI is InChI=1S/C66H52N2O2/c69-63(67-61-45-41-59(42-46-61)65(53-19-7-1-8-20-53,54-21-9-2-10-22-54)55-23-11-3-12-24-55)51-37-33-49(34-38-51)31-32-50-35-39-52(40-36-50)64(70)68-62-47-43-60(44-48-62)66(56-25-13-4-14-26-56,57-27-15-5-16-28-57)58-29-17-6-18-30-58/h1-30,33-48H,31-32H2,(H,67,69)(H,68,70). The monoisotopic (exact) mass is 904 g/mol. The van der Waals surface area contributed by atoms with Crippen molar-refractivity contribution >= 4 is 23.2 Å². The third kappa shape index (κ3) is 9.11. The maximum atomic E-state index is 13.5. The van der Waals surface area contributed by atoms with Gasteiger partial charge in [0.1, 0.15) is 0 Å². The molecule has 0 aromatic heterocycles. The fourth-order valence-electron chi connectivity index (χ4n) is 10.1. The Bertz CT molecular complexity index is 2850. The van der Waals surface area contributed by atoms with Crippen LogP contribution in [0, 0.1) is 0 Å². The molecular weight excluding hydrogens is 853 g/mol. The van der Waals surface area contributed by atoms with Gasteiger partial charge in [-0.15, -0.1) is 0 Å². The van der Waals surface area contributed by atoms with Crippen LogP contribution >= 0.6 is 0 Å². The molecular formula is C66H52N2O2. The number of anilines is 2. The minimum absolute atomic E-state index is 0.163. The van der Waals surface area contributed by atoms with Crippen molar-refractivity contribution < 1.29 is 9.59 Å². The molecule has 0 saturated heterocycles. The van der Waals surface area contributed by atoms with Gasteiger partial charge in [-0.05, 0) is 117 Å². The number of hydrogen-bond acceptors (Lipinski definition) is 2. The van der Waals surface area contributed by atoms with E-state index in [0.717, 1.165) is 79.9 Å². The fourth-order valence-corrected chi connectivity index (χ4v) is 10.1. The van der Waals surface area contributed by atoms with Crippen molar-refractivity contribution in [2.75, 3.05) is 10.6 Å². The lowest BCUT2D eigenvalue weighted by molar-refractivity contribution is 0.101. The zero-order valence-corrected chi connectivity index (χ0v) is 38.8. The summed E-state index contributed by atoms with van der Waals surface area (Å²) >= 11 is 0. The lowest BCUT2D eigenvalue weighted by Gasteiger charge is -2.37. The highest BCUT2D eigenvalue weighted by Gasteiger charge is 2.39. The van der Waals surface area contributed by atoms with Crippen molar-refractivity contribution in [2.24, 2.45) is 0 Å². The van der Waals surface area contributed by atoms with Gasteiger partial charge in [0.25, 0.3) is 11.8 Å². The van der Waals surface area contributed by atoms with Gasteiger partial charge in [0, 0.05) is 22.5 Å². The largest absolute Gasteiger partial charge is 0.322 e. The second-order valence-corrected chi connectivity index (χ2v) is 17.7. The molecule has 10 aromatic carbocycles. The Morgan fingerprint density at radius 2 is 0.471 bits per heavy atom. The molecule has 0 aliphatic heterocycles. The van der Waals surface area contributed by atoms with E-state index in [2.05, 4.69) is 180 Å². The molecule has 4 heteroatoms. The average Bonchev–Trinajstić information content (AvgIpc) is 3.44. The van der Waals surface area contributed by atoms with Crippen LogP contribution in [0.4, 0.5) is 11.4 Å². The van der Waals surface area contributed by atoms with Crippen molar-refractivity contribution in [3.05, 3.63) is 346 Å². The molecule has 4 nitrogen and oxygen atoms in total. The van der Waals surface area contributed by atoms with Gasteiger partial charge in [-0.1, -0.05) is 231 Å². The van der Waals surface area contributed by atoms with Crippen LogP contribution in [0.2, 0.25) is 0 Å². The fraction of sp³-hybridized carbons (Fsp3) is 0.0606. The van der Waals surface area contributed by atoms with Gasteiger partial charge in [0.05, 0.1) is 10.8 Å². The Morgan fingerprint density at radius 3 is 0.700 bits per heavy atom. The first-order valence-electron chi connectivity index (χ1n) is 23.9. The lowest BCUT2D eigenvalue weighted by Crippen LogP contribution is -2.31. The summed E-state index contributed by atoms with van der Waals surface area (Å²) in [7, 11) is 0. The van der Waals surface area contributed by atoms with Crippen LogP contribution in [0.3, 0.4) is 0 Å². The van der Waals surface area contributed by atoms with Crippen LogP contribution in [0.15, 0.2) is 279 Å². The predicted octanol–water partition coefficient (Wildman–Crippen LogP) is 14.7. The highest BCUT2D eigenvalue weighted by Crippen LogP contribution is 2.47. The van der Waals surface area contributed by atoms with E-state index < -0.39 is 10.8 Å². The first kappa shape index (κ1) is 44.9. The van der Waals surface area contributed by atoms with Crippen LogP contribution in [0.25, 0.3) is 0 Å². The van der Waals surface area contributed by atoms with E-state index in [-0.39, 0.29) is 11.8 Å². The quantitative estimate of drug-likeness (QED) is 0.101. The average molecular weight is 905 g/mol. The van der Waals surface area contributed by atoms with Gasteiger partial charge >= 0.3 is 0 Å². The molecule has 0 unspecified atom stereocenters. The molecule has 10 rings (SSSR count). The SMILES string of the molecule is O=C(Nc1ccc(C(c2ccccc2)(c2ccccc2)c2ccccc2)cc1)c1ccc(CCc2ccc(C(=O)Nc3ccc(C(c4ccccc4)(c4ccccc4)c4ccccc4)cc3)cc2)cc1. The van der Waals surface area contributed by atoms with E-state index >= 15 is 0 Å². The first-order chi connectivity index (χ1) is 34.5. The van der Waals surface area contributed by atoms with Crippen molar-refractivity contribution in [2.45, 2.75) is 23.7 Å². The molecule has 0 bridgehead atoms. The van der Waals surface area contributed by atoms with Gasteiger partial charge in [-0.2, -0.15) is 0 Å². The normalized spacial score (nSPS) is 11.4. The van der Waals surface area contributed by atoms with Crippen LogP contribution < -0.4 is 10.6 Å². The second kappa shape index (κ2) is 20.6. The van der Waals surface area contributed by atoms with Gasteiger partial charge in [0.15, 0.2) is 0 Å². The lowest BCUT2D eigenvalue weighted by atomic mass is 9.65. The third-order valence-corrected chi connectivity index (χ3v) is 13.5. The van der Waals surface area contributed by atoms with E-state index in [1.165, 1.54) is 0 Å². The molecule has 0 radical (unpaired) electrons. The summed E-state index contributed by atoms with van der Waals surface area (Å²) in [5.74, 6) is -0.326. The Balaban J connectivity index is 0.778. The van der Waals surface area contributed by atoms with Gasteiger partial charge in [-0.3, -0.25) is 9.59 Å². The van der Waals surface area contributed by atoms with E-state index in [1.54, 1.807) is 0 Å². The first-order valence-corrected chi connectivity index (χ1v) is 23.9. The summed E-state index contributed by atoms with van der Waals surface area (Å²) in [5, 5.41) is 6.24. The number of rotatable bonds is 15. The van der Waals surface area contributed by atoms with Gasteiger partial charge < -0.3 is 10.6 Å². The Hall–Kier alpha value is -8.86. The van der Waals surface area contributed by atoms with Crippen molar-refractivity contribution in [1.29, 1.82) is 0 Å². The molecule has 2 N–H and O–H groups in total. The highest BCUT2D eigenvalue weighted by atomic mass is 16.2. The maximum absolute atomic E-state index is 13.5. The van der Waals surface area contributed by atoms with Gasteiger partial charge in [0.2, 0.25) is 0 Å². The van der Waals surface area contributed by atoms with Crippen molar-refractivity contribution in [1.82, 2.24) is 0 Å². The Labute approximate surface area is 411 Å². The topological polar surface area (TPSA) is 58.2 Å². The molecule has 0 heterocycles. The predicted molar refractivity (Wildman–Crippen MR) is 286 cm³/mol. The highest BCUT2D eigenvalue weighted by molar-refractivity contribution is 6.05. The van der Waals surface area contributed by atoms with E-state index in [0.29, 0.717) is 11.1 Å². The number of benzene rings is 10. The number of hydrogen-bond donors (Lipinski definition) is 2. The Morgan fingerprint density at radius 1 is 0.257 bits per heavy atom. The molecule has 338 valence electrons. The van der Waals surface area contributed by atoms with E-state index in [4.69, 9.17) is 0 Å². The minimum atomic E-state index is -0.558. The molecule has 70 heavy (non-hydrogen) atoms. The molecule has 0 saturated carbocycles. The minimum Gasteiger partial charge on any atom is -0.322 e. The Kier molecular flexibility index (Phi) is 13.2. The second-order valence-electron chi connectivity index (χ2n) is 17.7. The number of carbonyl (C=O) groups excluding carboxylic acids is 2. The number of nitrogens with one attached hydrogen (secondary N) is 2. The van der Waals surface area contributed by atoms with E-state index in [1.807, 2.05) is 109 Å². The van der Waals surface area contributed by atoms with Crippen LogP contribution in [0.1, 0.15) is 76.4 Å². The van der Waals surface area contributed by atoms with Crippen LogP contribution in [-0.4, -0.2) is 11.8 Å². The number of carbonyl (C=O) groups is 2. The van der Waals surface area contributed by atoms with Crippen LogP contribution in [-0.2, 0) is 23.7 Å².